The summed E-state index contributed by atoms with van der Waals surface area (Å²) in [4.78, 5) is 19.6. The summed E-state index contributed by atoms with van der Waals surface area (Å²) >= 11 is 0. The van der Waals surface area contributed by atoms with Gasteiger partial charge in [0.15, 0.2) is 0 Å². The molecule has 0 saturated heterocycles. The van der Waals surface area contributed by atoms with Crippen molar-refractivity contribution in [2.75, 3.05) is 0 Å². The van der Waals surface area contributed by atoms with Crippen molar-refractivity contribution in [2.45, 2.75) is 169 Å². The van der Waals surface area contributed by atoms with Crippen molar-refractivity contribution >= 4 is 0 Å². The van der Waals surface area contributed by atoms with E-state index in [1.54, 1.807) is 0 Å². The highest BCUT2D eigenvalue weighted by molar-refractivity contribution is 4.60. The Morgan fingerprint density at radius 3 is 1.26 bits per heavy atom. The molecule has 6 heteroatoms. The van der Waals surface area contributed by atoms with Gasteiger partial charge < -0.3 is 0 Å². The predicted molar refractivity (Wildman–Crippen MR) is 136 cm³/mol. The molecule has 0 rings (SSSR count). The van der Waals surface area contributed by atoms with Gasteiger partial charge in [-0.3, -0.25) is 0 Å². The van der Waals surface area contributed by atoms with Gasteiger partial charge in [-0.25, -0.2) is 8.78 Å². The minimum atomic E-state index is -1.52. The second kappa shape index (κ2) is 24.4. The number of halogens is 2. The fraction of sp³-hybridized carbons (Fsp3) is 1.00. The molecule has 0 spiro atoms. The normalized spacial score (nSPS) is 16.3. The molecule has 0 aliphatic heterocycles. The van der Waals surface area contributed by atoms with Crippen LogP contribution in [0.25, 0.3) is 0 Å². The Balaban J connectivity index is 3.93. The van der Waals surface area contributed by atoms with Crippen molar-refractivity contribution in [1.29, 1.82) is 0 Å². The van der Waals surface area contributed by atoms with Gasteiger partial charge in [-0.05, 0) is 18.3 Å². The molecule has 0 radical (unpaired) electrons. The number of alkyl halides is 2. The van der Waals surface area contributed by atoms with Crippen LogP contribution in [0, 0.1) is 11.8 Å². The van der Waals surface area contributed by atoms with Crippen LogP contribution in [-0.4, -0.2) is 19.0 Å². The summed E-state index contributed by atoms with van der Waals surface area (Å²) in [6.07, 6.45) is 14.6. The maximum Gasteiger partial charge on any atom is 0.231 e. The maximum absolute atomic E-state index is 13.5. The Morgan fingerprint density at radius 1 is 0.441 bits per heavy atom. The average Bonchev–Trinajstić information content (AvgIpc) is 2.81. The summed E-state index contributed by atoms with van der Waals surface area (Å²) in [5, 5.41) is 0. The highest BCUT2D eigenvalue weighted by Crippen LogP contribution is 2.22. The van der Waals surface area contributed by atoms with E-state index >= 15 is 0 Å². The largest absolute Gasteiger partial charge is 0.231 e. The third kappa shape index (κ3) is 22.2. The summed E-state index contributed by atoms with van der Waals surface area (Å²) in [7, 11) is 0. The van der Waals surface area contributed by atoms with Gasteiger partial charge in [-0.15, -0.1) is 0 Å². The minimum Gasteiger partial charge on any atom is -0.213 e. The third-order valence-electron chi connectivity index (χ3n) is 6.41. The second-order valence-corrected chi connectivity index (χ2v) is 10.2. The SMILES string of the molecule is CCCCCCCC(C)CCC(C)CCCCCCC(OOC(F)CCC)OOC(F)CCC. The van der Waals surface area contributed by atoms with Crippen LogP contribution in [0.4, 0.5) is 8.78 Å². The van der Waals surface area contributed by atoms with E-state index < -0.39 is 19.0 Å². The van der Waals surface area contributed by atoms with Gasteiger partial charge in [0.25, 0.3) is 0 Å². The Kier molecular flexibility index (Phi) is 24.2. The Bertz CT molecular complexity index is 398. The van der Waals surface area contributed by atoms with E-state index in [4.69, 9.17) is 19.6 Å². The lowest BCUT2D eigenvalue weighted by Crippen LogP contribution is -2.22. The molecule has 4 unspecified atom stereocenters. The highest BCUT2D eigenvalue weighted by Gasteiger charge is 2.18. The number of hydrogen-bond donors (Lipinski definition) is 0. The molecule has 0 fully saturated rings. The van der Waals surface area contributed by atoms with Crippen LogP contribution in [0.2, 0.25) is 0 Å². The molecule has 0 bridgehead atoms. The van der Waals surface area contributed by atoms with Crippen LogP contribution >= 0.6 is 0 Å². The fourth-order valence-corrected chi connectivity index (χ4v) is 4.02. The Labute approximate surface area is 209 Å². The standard InChI is InChI=1S/C28H56F2O4/c1-6-9-10-11-14-19-24(4)22-23-25(5)20-15-12-13-16-21-28(33-31-26(29)17-7-2)34-32-27(30)18-8-3/h24-28H,6-23H2,1-5H3. The zero-order chi connectivity index (χ0) is 25.4. The first kappa shape index (κ1) is 33.7. The lowest BCUT2D eigenvalue weighted by Gasteiger charge is -2.18. The summed E-state index contributed by atoms with van der Waals surface area (Å²) < 4.78 is 27.1. The Hall–Kier alpha value is -0.300. The summed E-state index contributed by atoms with van der Waals surface area (Å²) in [5.74, 6) is 1.61. The molecule has 206 valence electrons. The van der Waals surface area contributed by atoms with Crippen LogP contribution in [0.15, 0.2) is 0 Å². The number of hydrogen-bond acceptors (Lipinski definition) is 4. The van der Waals surface area contributed by atoms with Crippen molar-refractivity contribution in [3.8, 4) is 0 Å². The van der Waals surface area contributed by atoms with E-state index in [0.717, 1.165) is 31.1 Å². The molecule has 0 aliphatic rings. The van der Waals surface area contributed by atoms with Crippen LogP contribution < -0.4 is 0 Å². The van der Waals surface area contributed by atoms with Gasteiger partial charge in [0.05, 0.1) is 0 Å². The molecule has 0 aromatic heterocycles. The summed E-state index contributed by atoms with van der Waals surface area (Å²) in [5.41, 5.74) is 0. The van der Waals surface area contributed by atoms with E-state index in [9.17, 15) is 8.78 Å². The second-order valence-electron chi connectivity index (χ2n) is 10.2. The minimum absolute atomic E-state index is 0.241. The van der Waals surface area contributed by atoms with Crippen molar-refractivity contribution in [3.63, 3.8) is 0 Å². The molecule has 0 aromatic rings. The number of rotatable bonds is 26. The molecule has 0 N–H and O–H groups in total. The predicted octanol–water partition coefficient (Wildman–Crippen LogP) is 10.2. The molecule has 4 atom stereocenters. The van der Waals surface area contributed by atoms with Crippen molar-refractivity contribution in [2.24, 2.45) is 11.8 Å². The summed E-state index contributed by atoms with van der Waals surface area (Å²) in [6, 6.07) is 0. The van der Waals surface area contributed by atoms with Crippen molar-refractivity contribution in [1.82, 2.24) is 0 Å². The molecule has 0 aliphatic carbocycles. The molecule has 0 heterocycles. The quantitative estimate of drug-likeness (QED) is 0.0518. The molecule has 4 nitrogen and oxygen atoms in total. The van der Waals surface area contributed by atoms with Gasteiger partial charge >= 0.3 is 0 Å². The van der Waals surface area contributed by atoms with E-state index in [-0.39, 0.29) is 12.8 Å². The molecule has 0 amide bonds. The van der Waals surface area contributed by atoms with Crippen LogP contribution in [-0.2, 0) is 19.6 Å². The van der Waals surface area contributed by atoms with Crippen LogP contribution in [0.3, 0.4) is 0 Å². The lowest BCUT2D eigenvalue weighted by molar-refractivity contribution is -0.498. The van der Waals surface area contributed by atoms with Gasteiger partial charge in [-0.2, -0.15) is 19.6 Å². The van der Waals surface area contributed by atoms with Gasteiger partial charge in [0, 0.05) is 19.3 Å². The Morgan fingerprint density at radius 2 is 0.853 bits per heavy atom. The molecule has 0 aromatic carbocycles. The van der Waals surface area contributed by atoms with Crippen LogP contribution in [0.5, 0.6) is 0 Å². The smallest absolute Gasteiger partial charge is 0.213 e. The van der Waals surface area contributed by atoms with E-state index in [2.05, 4.69) is 20.8 Å². The lowest BCUT2D eigenvalue weighted by atomic mass is 9.91. The van der Waals surface area contributed by atoms with E-state index in [0.29, 0.717) is 19.3 Å². The van der Waals surface area contributed by atoms with E-state index in [1.165, 1.54) is 64.2 Å². The topological polar surface area (TPSA) is 36.9 Å². The zero-order valence-electron chi connectivity index (χ0n) is 23.0. The zero-order valence-corrected chi connectivity index (χ0v) is 23.0. The molecular formula is C28H56F2O4. The van der Waals surface area contributed by atoms with Crippen molar-refractivity contribution < 1.29 is 28.3 Å². The monoisotopic (exact) mass is 494 g/mol. The maximum atomic E-state index is 13.5. The first-order valence-corrected chi connectivity index (χ1v) is 14.3. The third-order valence-corrected chi connectivity index (χ3v) is 6.41. The van der Waals surface area contributed by atoms with Crippen LogP contribution in [0.1, 0.15) is 150 Å². The number of unbranched alkanes of at least 4 members (excludes halogenated alkanes) is 7. The average molecular weight is 495 g/mol. The highest BCUT2D eigenvalue weighted by atomic mass is 19.2. The van der Waals surface area contributed by atoms with Gasteiger partial charge in [0.1, 0.15) is 0 Å². The van der Waals surface area contributed by atoms with Gasteiger partial charge in [-0.1, -0.05) is 125 Å². The first-order chi connectivity index (χ1) is 16.4. The molecule has 0 saturated carbocycles. The van der Waals surface area contributed by atoms with Crippen molar-refractivity contribution in [3.05, 3.63) is 0 Å². The molecule has 34 heavy (non-hydrogen) atoms. The molecular weight excluding hydrogens is 438 g/mol. The first-order valence-electron chi connectivity index (χ1n) is 14.3. The summed E-state index contributed by atoms with van der Waals surface area (Å²) in [6.45, 7) is 10.8. The van der Waals surface area contributed by atoms with E-state index in [1.807, 2.05) is 13.8 Å². The van der Waals surface area contributed by atoms with Gasteiger partial charge in [0.2, 0.25) is 19.0 Å². The fourth-order valence-electron chi connectivity index (χ4n) is 4.02.